The number of nitrogens with two attached hydrogens (primary N) is 1. The Labute approximate surface area is 105 Å². The van der Waals surface area contributed by atoms with Crippen LogP contribution in [0.3, 0.4) is 0 Å². The van der Waals surface area contributed by atoms with Gasteiger partial charge in [0.05, 0.1) is 5.41 Å². The summed E-state index contributed by atoms with van der Waals surface area (Å²) in [5.74, 6) is 0.680. The summed E-state index contributed by atoms with van der Waals surface area (Å²) < 4.78 is 0. The van der Waals surface area contributed by atoms with E-state index in [1.165, 1.54) is 0 Å². The lowest BCUT2D eigenvalue weighted by Gasteiger charge is -2.40. The number of rotatable bonds is 6. The number of likely N-dealkylation sites (N-methyl/N-ethyl adjacent to an activating group) is 1. The first kappa shape index (κ1) is 14.5. The second kappa shape index (κ2) is 5.83. The Morgan fingerprint density at radius 2 is 2.00 bits per heavy atom. The first-order valence-electron chi connectivity index (χ1n) is 6.58. The highest BCUT2D eigenvalue weighted by Gasteiger charge is 2.42. The van der Waals surface area contributed by atoms with Crippen LogP contribution in [0, 0.1) is 11.3 Å². The summed E-state index contributed by atoms with van der Waals surface area (Å²) in [7, 11) is 4.11. The molecule has 3 N–H and O–H groups in total. The molecule has 1 unspecified atom stereocenters. The Kier molecular flexibility index (Phi) is 4.95. The quantitative estimate of drug-likeness (QED) is 0.724. The fourth-order valence-corrected chi connectivity index (χ4v) is 2.53. The van der Waals surface area contributed by atoms with Crippen molar-refractivity contribution in [1.29, 1.82) is 0 Å². The number of hydrogen-bond acceptors (Lipinski definition) is 3. The Balaban J connectivity index is 2.46. The maximum absolute atomic E-state index is 12.1. The largest absolute Gasteiger partial charge is 0.354 e. The average Bonchev–Trinajstić information content (AvgIpc) is 2.15. The SMILES string of the molecule is CC(C)C(CNC(=O)C1(CN)CCC1)N(C)C. The monoisotopic (exact) mass is 241 g/mol. The van der Waals surface area contributed by atoms with Gasteiger partial charge in [0.25, 0.3) is 0 Å². The number of amides is 1. The van der Waals surface area contributed by atoms with Crippen molar-refractivity contribution in [2.24, 2.45) is 17.1 Å². The van der Waals surface area contributed by atoms with Crippen molar-refractivity contribution >= 4 is 5.91 Å². The van der Waals surface area contributed by atoms with Crippen molar-refractivity contribution in [2.75, 3.05) is 27.2 Å². The van der Waals surface area contributed by atoms with Crippen LogP contribution in [0.4, 0.5) is 0 Å². The van der Waals surface area contributed by atoms with Gasteiger partial charge in [0.15, 0.2) is 0 Å². The van der Waals surface area contributed by atoms with E-state index in [0.717, 1.165) is 19.3 Å². The molecular weight excluding hydrogens is 214 g/mol. The predicted octanol–water partition coefficient (Wildman–Crippen LogP) is 0.818. The van der Waals surface area contributed by atoms with Crippen LogP contribution < -0.4 is 11.1 Å². The lowest BCUT2D eigenvalue weighted by molar-refractivity contribution is -0.135. The highest BCUT2D eigenvalue weighted by molar-refractivity contribution is 5.83. The Morgan fingerprint density at radius 1 is 1.41 bits per heavy atom. The number of nitrogens with one attached hydrogen (secondary N) is 1. The van der Waals surface area contributed by atoms with Crippen molar-refractivity contribution in [3.63, 3.8) is 0 Å². The molecule has 17 heavy (non-hydrogen) atoms. The Hall–Kier alpha value is -0.610. The van der Waals surface area contributed by atoms with Crippen molar-refractivity contribution < 1.29 is 4.79 Å². The van der Waals surface area contributed by atoms with Crippen LogP contribution in [-0.2, 0) is 4.79 Å². The molecule has 0 bridgehead atoms. The van der Waals surface area contributed by atoms with Gasteiger partial charge in [-0.1, -0.05) is 20.3 Å². The molecule has 0 aromatic rings. The van der Waals surface area contributed by atoms with Crippen LogP contribution in [0.15, 0.2) is 0 Å². The van der Waals surface area contributed by atoms with Gasteiger partial charge >= 0.3 is 0 Å². The van der Waals surface area contributed by atoms with E-state index >= 15 is 0 Å². The maximum Gasteiger partial charge on any atom is 0.227 e. The van der Waals surface area contributed by atoms with Gasteiger partial charge in [-0.25, -0.2) is 0 Å². The molecule has 4 nitrogen and oxygen atoms in total. The smallest absolute Gasteiger partial charge is 0.227 e. The summed E-state index contributed by atoms with van der Waals surface area (Å²) in [6.07, 6.45) is 3.03. The summed E-state index contributed by atoms with van der Waals surface area (Å²) in [5, 5.41) is 3.08. The third-order valence-corrected chi connectivity index (χ3v) is 4.09. The van der Waals surface area contributed by atoms with Crippen LogP contribution in [0.5, 0.6) is 0 Å². The normalized spacial score (nSPS) is 20.2. The Morgan fingerprint density at radius 3 is 2.29 bits per heavy atom. The van der Waals surface area contributed by atoms with Gasteiger partial charge in [-0.15, -0.1) is 0 Å². The van der Waals surface area contributed by atoms with Gasteiger partial charge in [0, 0.05) is 19.1 Å². The minimum atomic E-state index is -0.256. The van der Waals surface area contributed by atoms with Gasteiger partial charge in [-0.05, 0) is 32.9 Å². The van der Waals surface area contributed by atoms with E-state index in [-0.39, 0.29) is 11.3 Å². The van der Waals surface area contributed by atoms with Gasteiger partial charge in [0.2, 0.25) is 5.91 Å². The van der Waals surface area contributed by atoms with Crippen LogP contribution in [0.25, 0.3) is 0 Å². The standard InChI is InChI=1S/C13H27N3O/c1-10(2)11(16(3)4)8-15-12(17)13(9-14)6-5-7-13/h10-11H,5-9,14H2,1-4H3,(H,15,17). The molecule has 1 fully saturated rings. The van der Waals surface area contributed by atoms with Gasteiger partial charge in [-0.2, -0.15) is 0 Å². The van der Waals surface area contributed by atoms with E-state index in [1.54, 1.807) is 0 Å². The fraction of sp³-hybridized carbons (Fsp3) is 0.923. The summed E-state index contributed by atoms with van der Waals surface area (Å²) >= 11 is 0. The number of nitrogens with zero attached hydrogens (tertiary/aromatic N) is 1. The molecule has 1 aliphatic carbocycles. The van der Waals surface area contributed by atoms with Crippen molar-refractivity contribution in [1.82, 2.24) is 10.2 Å². The second-order valence-corrected chi connectivity index (χ2v) is 5.82. The minimum Gasteiger partial charge on any atom is -0.354 e. The molecule has 0 spiro atoms. The van der Waals surface area contributed by atoms with Crippen LogP contribution >= 0.6 is 0 Å². The van der Waals surface area contributed by atoms with Crippen LogP contribution in [-0.4, -0.2) is 44.0 Å². The van der Waals surface area contributed by atoms with Crippen LogP contribution in [0.2, 0.25) is 0 Å². The molecule has 0 saturated heterocycles. The summed E-state index contributed by atoms with van der Waals surface area (Å²) in [6, 6.07) is 0.383. The molecular formula is C13H27N3O. The summed E-state index contributed by atoms with van der Waals surface area (Å²) in [6.45, 7) is 5.55. The van der Waals surface area contributed by atoms with Crippen molar-refractivity contribution in [3.8, 4) is 0 Å². The highest BCUT2D eigenvalue weighted by atomic mass is 16.2. The number of hydrogen-bond donors (Lipinski definition) is 2. The molecule has 0 radical (unpaired) electrons. The van der Waals surface area contributed by atoms with Crippen molar-refractivity contribution in [2.45, 2.75) is 39.2 Å². The lowest BCUT2D eigenvalue weighted by atomic mass is 9.68. The van der Waals surface area contributed by atoms with E-state index < -0.39 is 0 Å². The molecule has 100 valence electrons. The molecule has 1 aliphatic rings. The molecule has 0 aromatic carbocycles. The predicted molar refractivity (Wildman–Crippen MR) is 70.7 cm³/mol. The number of carbonyl (C=O) groups excluding carboxylic acids is 1. The fourth-order valence-electron chi connectivity index (χ4n) is 2.53. The third-order valence-electron chi connectivity index (χ3n) is 4.09. The third kappa shape index (κ3) is 3.19. The van der Waals surface area contributed by atoms with E-state index in [4.69, 9.17) is 5.73 Å². The van der Waals surface area contributed by atoms with Crippen LogP contribution in [0.1, 0.15) is 33.1 Å². The summed E-state index contributed by atoms with van der Waals surface area (Å²) in [4.78, 5) is 14.3. The molecule has 1 saturated carbocycles. The lowest BCUT2D eigenvalue weighted by Crippen LogP contribution is -2.53. The summed E-state index contributed by atoms with van der Waals surface area (Å²) in [5.41, 5.74) is 5.47. The molecule has 0 aliphatic heterocycles. The topological polar surface area (TPSA) is 58.4 Å². The first-order chi connectivity index (χ1) is 7.93. The molecule has 1 amide bonds. The number of carbonyl (C=O) groups is 1. The minimum absolute atomic E-state index is 0.152. The molecule has 1 rings (SSSR count). The van der Waals surface area contributed by atoms with E-state index in [1.807, 2.05) is 0 Å². The van der Waals surface area contributed by atoms with Gasteiger partial charge < -0.3 is 16.0 Å². The zero-order valence-electron chi connectivity index (χ0n) is 11.6. The zero-order valence-corrected chi connectivity index (χ0v) is 11.6. The van der Waals surface area contributed by atoms with Crippen molar-refractivity contribution in [3.05, 3.63) is 0 Å². The van der Waals surface area contributed by atoms with E-state index in [0.29, 0.717) is 25.0 Å². The zero-order chi connectivity index (χ0) is 13.1. The molecule has 0 aromatic heterocycles. The Bertz CT molecular complexity index is 246. The van der Waals surface area contributed by atoms with E-state index in [9.17, 15) is 4.79 Å². The molecule has 0 heterocycles. The average molecular weight is 241 g/mol. The van der Waals surface area contributed by atoms with E-state index in [2.05, 4.69) is 38.2 Å². The van der Waals surface area contributed by atoms with Gasteiger partial charge in [0.1, 0.15) is 0 Å². The highest BCUT2D eigenvalue weighted by Crippen LogP contribution is 2.39. The van der Waals surface area contributed by atoms with Gasteiger partial charge in [-0.3, -0.25) is 4.79 Å². The molecule has 4 heteroatoms. The first-order valence-corrected chi connectivity index (χ1v) is 6.58. The molecule has 1 atom stereocenters. The second-order valence-electron chi connectivity index (χ2n) is 5.82. The maximum atomic E-state index is 12.1.